The maximum atomic E-state index is 12.0. The molecule has 0 N–H and O–H groups in total. The van der Waals surface area contributed by atoms with Crippen molar-refractivity contribution in [2.24, 2.45) is 0 Å². The average molecular weight is 317 g/mol. The van der Waals surface area contributed by atoms with Crippen molar-refractivity contribution in [3.63, 3.8) is 0 Å². The first-order valence-corrected chi connectivity index (χ1v) is 8.91. The van der Waals surface area contributed by atoms with Gasteiger partial charge in [-0.25, -0.2) is 8.42 Å². The van der Waals surface area contributed by atoms with Gasteiger partial charge < -0.3 is 4.90 Å². The first-order chi connectivity index (χ1) is 9.44. The molecule has 6 heteroatoms. The lowest BCUT2D eigenvalue weighted by molar-refractivity contribution is 0.384. The Balaban J connectivity index is 2.02. The Morgan fingerprint density at radius 2 is 1.85 bits per heavy atom. The fourth-order valence-corrected chi connectivity index (χ4v) is 4.06. The summed E-state index contributed by atoms with van der Waals surface area (Å²) >= 11 is 6.14. The predicted molar refractivity (Wildman–Crippen MR) is 84.1 cm³/mol. The second-order valence-electron chi connectivity index (χ2n) is 5.14. The van der Waals surface area contributed by atoms with Crippen LogP contribution in [0.4, 0.5) is 5.69 Å². The van der Waals surface area contributed by atoms with Crippen LogP contribution in [-0.2, 0) is 10.0 Å². The van der Waals surface area contributed by atoms with Crippen LogP contribution in [0.3, 0.4) is 0 Å². The second-order valence-corrected chi connectivity index (χ2v) is 7.63. The molecule has 0 radical (unpaired) electrons. The van der Waals surface area contributed by atoms with Crippen LogP contribution in [0, 0.1) is 6.92 Å². The highest BCUT2D eigenvalue weighted by Gasteiger charge is 2.26. The van der Waals surface area contributed by atoms with Crippen molar-refractivity contribution in [2.75, 3.05) is 36.8 Å². The maximum Gasteiger partial charge on any atom is 0.214 e. The molecule has 0 saturated carbocycles. The van der Waals surface area contributed by atoms with E-state index in [0.717, 1.165) is 16.3 Å². The summed E-state index contributed by atoms with van der Waals surface area (Å²) < 4.78 is 25.6. The number of nitrogens with zero attached hydrogens (tertiary/aromatic N) is 2. The number of sulfonamides is 1. The minimum Gasteiger partial charge on any atom is -0.369 e. The molecule has 0 unspecified atom stereocenters. The topological polar surface area (TPSA) is 40.6 Å². The molecule has 0 bridgehead atoms. The Bertz CT molecular complexity index is 567. The molecular weight excluding hydrogens is 296 g/mol. The second kappa shape index (κ2) is 6.33. The van der Waals surface area contributed by atoms with E-state index in [0.29, 0.717) is 32.6 Å². The summed E-state index contributed by atoms with van der Waals surface area (Å²) in [4.78, 5) is 2.18. The SMILES string of the molecule is CCCS(=O)(=O)N1CCN(c2ccc(C)c(Cl)c2)CC1. The van der Waals surface area contributed by atoms with E-state index in [1.807, 2.05) is 32.0 Å². The number of halogens is 1. The third-order valence-corrected chi connectivity index (χ3v) is 6.10. The number of rotatable bonds is 4. The molecule has 1 aromatic carbocycles. The Morgan fingerprint density at radius 3 is 2.40 bits per heavy atom. The van der Waals surface area contributed by atoms with Crippen LogP contribution in [-0.4, -0.2) is 44.7 Å². The predicted octanol–water partition coefficient (Wildman–Crippen LogP) is 2.51. The van der Waals surface area contributed by atoms with Crippen molar-refractivity contribution in [3.8, 4) is 0 Å². The van der Waals surface area contributed by atoms with Gasteiger partial charge in [0.2, 0.25) is 10.0 Å². The van der Waals surface area contributed by atoms with Gasteiger partial charge in [0.15, 0.2) is 0 Å². The van der Waals surface area contributed by atoms with E-state index in [9.17, 15) is 8.42 Å². The Labute approximate surface area is 126 Å². The summed E-state index contributed by atoms with van der Waals surface area (Å²) in [5, 5.41) is 0.753. The van der Waals surface area contributed by atoms with E-state index < -0.39 is 10.0 Å². The smallest absolute Gasteiger partial charge is 0.214 e. The van der Waals surface area contributed by atoms with Crippen LogP contribution in [0.25, 0.3) is 0 Å². The molecule has 20 heavy (non-hydrogen) atoms. The Kier molecular flexibility index (Phi) is 4.94. The van der Waals surface area contributed by atoms with Crippen LogP contribution >= 0.6 is 11.6 Å². The molecule has 1 aliphatic heterocycles. The van der Waals surface area contributed by atoms with Crippen molar-refractivity contribution in [2.45, 2.75) is 20.3 Å². The molecular formula is C14H21ClN2O2S. The summed E-state index contributed by atoms with van der Waals surface area (Å²) in [6, 6.07) is 5.99. The molecule has 0 aromatic heterocycles. The molecule has 0 spiro atoms. The molecule has 0 amide bonds. The molecule has 112 valence electrons. The minimum absolute atomic E-state index is 0.239. The van der Waals surface area contributed by atoms with E-state index in [1.165, 1.54) is 0 Å². The van der Waals surface area contributed by atoms with Crippen LogP contribution in [0.5, 0.6) is 0 Å². The maximum absolute atomic E-state index is 12.0. The van der Waals surface area contributed by atoms with Gasteiger partial charge in [0.1, 0.15) is 0 Å². The highest BCUT2D eigenvalue weighted by atomic mass is 35.5. The van der Waals surface area contributed by atoms with Gasteiger partial charge in [0, 0.05) is 36.9 Å². The molecule has 1 aliphatic rings. The van der Waals surface area contributed by atoms with Crippen molar-refractivity contribution < 1.29 is 8.42 Å². The van der Waals surface area contributed by atoms with Gasteiger partial charge >= 0.3 is 0 Å². The van der Waals surface area contributed by atoms with Crippen molar-refractivity contribution in [3.05, 3.63) is 28.8 Å². The molecule has 4 nitrogen and oxygen atoms in total. The van der Waals surface area contributed by atoms with Gasteiger partial charge in [0.05, 0.1) is 5.75 Å². The summed E-state index contributed by atoms with van der Waals surface area (Å²) in [5.74, 6) is 0.239. The van der Waals surface area contributed by atoms with Gasteiger partial charge in [-0.15, -0.1) is 0 Å². The first kappa shape index (κ1) is 15.6. The molecule has 1 heterocycles. The number of hydrogen-bond donors (Lipinski definition) is 0. The van der Waals surface area contributed by atoms with Crippen LogP contribution in [0.2, 0.25) is 5.02 Å². The lowest BCUT2D eigenvalue weighted by Crippen LogP contribution is -2.49. The van der Waals surface area contributed by atoms with Crippen LogP contribution in [0.1, 0.15) is 18.9 Å². The zero-order chi connectivity index (χ0) is 14.8. The molecule has 1 saturated heterocycles. The van der Waals surface area contributed by atoms with Gasteiger partial charge in [-0.3, -0.25) is 0 Å². The van der Waals surface area contributed by atoms with Gasteiger partial charge in [-0.1, -0.05) is 24.6 Å². The number of anilines is 1. The van der Waals surface area contributed by atoms with Gasteiger partial charge in [-0.05, 0) is 31.0 Å². The lowest BCUT2D eigenvalue weighted by atomic mass is 10.2. The highest BCUT2D eigenvalue weighted by Crippen LogP contribution is 2.24. The van der Waals surface area contributed by atoms with E-state index in [1.54, 1.807) is 4.31 Å². The number of aryl methyl sites for hydroxylation is 1. The monoisotopic (exact) mass is 316 g/mol. The molecule has 0 aliphatic carbocycles. The molecule has 2 rings (SSSR count). The third-order valence-electron chi connectivity index (χ3n) is 3.61. The Morgan fingerprint density at radius 1 is 1.20 bits per heavy atom. The summed E-state index contributed by atoms with van der Waals surface area (Å²) in [6.45, 7) is 6.38. The van der Waals surface area contributed by atoms with Crippen molar-refractivity contribution in [1.82, 2.24) is 4.31 Å². The zero-order valence-corrected chi connectivity index (χ0v) is 13.5. The van der Waals surface area contributed by atoms with Gasteiger partial charge in [0.25, 0.3) is 0 Å². The van der Waals surface area contributed by atoms with Crippen molar-refractivity contribution in [1.29, 1.82) is 0 Å². The third kappa shape index (κ3) is 3.45. The average Bonchev–Trinajstić information content (AvgIpc) is 2.42. The fraction of sp³-hybridized carbons (Fsp3) is 0.571. The number of hydrogen-bond acceptors (Lipinski definition) is 3. The normalized spacial score (nSPS) is 17.4. The number of piperazine rings is 1. The van der Waals surface area contributed by atoms with E-state index >= 15 is 0 Å². The molecule has 1 fully saturated rings. The van der Waals surface area contributed by atoms with Crippen molar-refractivity contribution >= 4 is 27.3 Å². The Hall–Kier alpha value is -0.780. The largest absolute Gasteiger partial charge is 0.369 e. The van der Waals surface area contributed by atoms with Crippen LogP contribution < -0.4 is 4.90 Å². The fourth-order valence-electron chi connectivity index (χ4n) is 2.39. The lowest BCUT2D eigenvalue weighted by Gasteiger charge is -2.35. The summed E-state index contributed by atoms with van der Waals surface area (Å²) in [7, 11) is -3.07. The quantitative estimate of drug-likeness (QED) is 0.857. The van der Waals surface area contributed by atoms with E-state index in [2.05, 4.69) is 4.90 Å². The molecule has 1 aromatic rings. The van der Waals surface area contributed by atoms with E-state index in [-0.39, 0.29) is 5.75 Å². The number of benzene rings is 1. The van der Waals surface area contributed by atoms with Crippen LogP contribution in [0.15, 0.2) is 18.2 Å². The minimum atomic E-state index is -3.07. The highest BCUT2D eigenvalue weighted by molar-refractivity contribution is 7.89. The summed E-state index contributed by atoms with van der Waals surface area (Å²) in [6.07, 6.45) is 0.663. The standard InChI is InChI=1S/C14H21ClN2O2S/c1-3-10-20(18,19)17-8-6-16(7-9-17)13-5-4-12(2)14(15)11-13/h4-5,11H,3,6-10H2,1-2H3. The van der Waals surface area contributed by atoms with E-state index in [4.69, 9.17) is 11.6 Å². The zero-order valence-electron chi connectivity index (χ0n) is 12.0. The molecule has 0 atom stereocenters. The first-order valence-electron chi connectivity index (χ1n) is 6.93. The summed E-state index contributed by atoms with van der Waals surface area (Å²) in [5.41, 5.74) is 2.12. The van der Waals surface area contributed by atoms with Gasteiger partial charge in [-0.2, -0.15) is 4.31 Å².